The van der Waals surface area contributed by atoms with Crippen molar-refractivity contribution in [2.75, 3.05) is 13.2 Å². The molecular weight excluding hydrogens is 274 g/mol. The summed E-state index contributed by atoms with van der Waals surface area (Å²) < 4.78 is 11.3. The van der Waals surface area contributed by atoms with Crippen molar-refractivity contribution in [1.29, 1.82) is 0 Å². The second-order valence-corrected chi connectivity index (χ2v) is 5.42. The summed E-state index contributed by atoms with van der Waals surface area (Å²) in [4.78, 5) is 0. The number of rotatable bonds is 5. The Morgan fingerprint density at radius 2 is 2.30 bits per heavy atom. The SMILES string of the molecule is CCNC(Cc1cc(Cl)cc2c1OCC2)c1ccco1. The van der Waals surface area contributed by atoms with Crippen LogP contribution in [0.15, 0.2) is 34.9 Å². The van der Waals surface area contributed by atoms with Gasteiger partial charge in [-0.1, -0.05) is 18.5 Å². The lowest BCUT2D eigenvalue weighted by Gasteiger charge is -2.17. The second-order valence-electron chi connectivity index (χ2n) is 4.98. The molecule has 0 fully saturated rings. The highest BCUT2D eigenvalue weighted by Gasteiger charge is 2.21. The second kappa shape index (κ2) is 5.90. The molecule has 3 rings (SSSR count). The van der Waals surface area contributed by atoms with Crippen LogP contribution < -0.4 is 10.1 Å². The number of ether oxygens (including phenoxy) is 1. The first-order valence-corrected chi connectivity index (χ1v) is 7.36. The number of hydrogen-bond acceptors (Lipinski definition) is 3. The molecule has 1 N–H and O–H groups in total. The number of halogens is 1. The Labute approximate surface area is 123 Å². The van der Waals surface area contributed by atoms with Gasteiger partial charge in [-0.25, -0.2) is 0 Å². The maximum Gasteiger partial charge on any atom is 0.125 e. The molecule has 0 radical (unpaired) electrons. The van der Waals surface area contributed by atoms with Gasteiger partial charge in [-0.2, -0.15) is 0 Å². The molecule has 1 aliphatic rings. The monoisotopic (exact) mass is 291 g/mol. The van der Waals surface area contributed by atoms with Gasteiger partial charge in [0.1, 0.15) is 11.5 Å². The zero-order valence-corrected chi connectivity index (χ0v) is 12.2. The Morgan fingerprint density at radius 1 is 1.40 bits per heavy atom. The van der Waals surface area contributed by atoms with Gasteiger partial charge in [0.15, 0.2) is 0 Å². The minimum atomic E-state index is 0.141. The van der Waals surface area contributed by atoms with Gasteiger partial charge in [0, 0.05) is 11.4 Å². The summed E-state index contributed by atoms with van der Waals surface area (Å²) in [6.07, 6.45) is 3.46. The fourth-order valence-electron chi connectivity index (χ4n) is 2.73. The summed E-state index contributed by atoms with van der Waals surface area (Å²) in [5, 5.41) is 4.23. The summed E-state index contributed by atoms with van der Waals surface area (Å²) in [6, 6.07) is 8.06. The summed E-state index contributed by atoms with van der Waals surface area (Å²) in [5.41, 5.74) is 2.36. The first-order valence-electron chi connectivity index (χ1n) is 6.99. The van der Waals surface area contributed by atoms with E-state index in [-0.39, 0.29) is 6.04 Å². The molecule has 0 aliphatic carbocycles. The van der Waals surface area contributed by atoms with Crippen molar-refractivity contribution in [2.24, 2.45) is 0 Å². The number of furan rings is 1. The molecule has 1 aromatic heterocycles. The van der Waals surface area contributed by atoms with Crippen molar-refractivity contribution in [3.8, 4) is 5.75 Å². The van der Waals surface area contributed by atoms with Gasteiger partial charge in [0.25, 0.3) is 0 Å². The van der Waals surface area contributed by atoms with Gasteiger partial charge >= 0.3 is 0 Å². The normalized spacial score (nSPS) is 14.9. The predicted octanol–water partition coefficient (Wildman–Crippen LogP) is 3.76. The molecule has 0 saturated heterocycles. The summed E-state index contributed by atoms with van der Waals surface area (Å²) >= 11 is 6.21. The maximum atomic E-state index is 6.21. The highest BCUT2D eigenvalue weighted by molar-refractivity contribution is 6.30. The lowest BCUT2D eigenvalue weighted by atomic mass is 10.00. The highest BCUT2D eigenvalue weighted by atomic mass is 35.5. The van der Waals surface area contributed by atoms with Crippen LogP contribution in [-0.4, -0.2) is 13.2 Å². The number of nitrogens with one attached hydrogen (secondary N) is 1. The van der Waals surface area contributed by atoms with Crippen molar-refractivity contribution < 1.29 is 9.15 Å². The summed E-state index contributed by atoms with van der Waals surface area (Å²) in [7, 11) is 0. The maximum absolute atomic E-state index is 6.21. The van der Waals surface area contributed by atoms with Crippen LogP contribution in [0.4, 0.5) is 0 Å². The standard InChI is InChI=1S/C16H18ClNO2/c1-2-18-14(15-4-3-6-19-15)10-12-9-13(17)8-11-5-7-20-16(11)12/h3-4,6,8-9,14,18H,2,5,7,10H2,1H3. The zero-order chi connectivity index (χ0) is 13.9. The number of fused-ring (bicyclic) bond motifs is 1. The molecule has 0 saturated carbocycles. The zero-order valence-electron chi connectivity index (χ0n) is 11.5. The van der Waals surface area contributed by atoms with Gasteiger partial charge in [-0.15, -0.1) is 0 Å². The summed E-state index contributed by atoms with van der Waals surface area (Å²) in [6.45, 7) is 3.72. The molecule has 3 nitrogen and oxygen atoms in total. The third kappa shape index (κ3) is 2.69. The van der Waals surface area contributed by atoms with Gasteiger partial charge in [-0.3, -0.25) is 0 Å². The van der Waals surface area contributed by atoms with Gasteiger partial charge in [0.05, 0.1) is 18.9 Å². The van der Waals surface area contributed by atoms with E-state index in [1.807, 2.05) is 24.3 Å². The number of likely N-dealkylation sites (N-methyl/N-ethyl adjacent to an activating group) is 1. The minimum Gasteiger partial charge on any atom is -0.493 e. The Morgan fingerprint density at radius 3 is 3.05 bits per heavy atom. The molecule has 2 aromatic rings. The average Bonchev–Trinajstić information content (AvgIpc) is 3.08. The van der Waals surface area contributed by atoms with Crippen molar-refractivity contribution in [2.45, 2.75) is 25.8 Å². The molecule has 0 amide bonds. The van der Waals surface area contributed by atoms with Crippen molar-refractivity contribution >= 4 is 11.6 Å². The summed E-state index contributed by atoms with van der Waals surface area (Å²) in [5.74, 6) is 1.95. The lowest BCUT2D eigenvalue weighted by Crippen LogP contribution is -2.22. The van der Waals surface area contributed by atoms with Crippen LogP contribution in [0.5, 0.6) is 5.75 Å². The average molecular weight is 292 g/mol. The number of benzene rings is 1. The molecule has 1 aromatic carbocycles. The van der Waals surface area contributed by atoms with Crippen molar-refractivity contribution in [3.63, 3.8) is 0 Å². The van der Waals surface area contributed by atoms with Crippen LogP contribution in [0.3, 0.4) is 0 Å². The quantitative estimate of drug-likeness (QED) is 0.911. The third-order valence-electron chi connectivity index (χ3n) is 3.59. The van der Waals surface area contributed by atoms with Crippen LogP contribution in [0.25, 0.3) is 0 Å². The topological polar surface area (TPSA) is 34.4 Å². The van der Waals surface area contributed by atoms with Crippen LogP contribution >= 0.6 is 11.6 Å². The lowest BCUT2D eigenvalue weighted by molar-refractivity contribution is 0.349. The smallest absolute Gasteiger partial charge is 0.125 e. The molecule has 0 spiro atoms. The van der Waals surface area contributed by atoms with Crippen LogP contribution in [-0.2, 0) is 12.8 Å². The predicted molar refractivity (Wildman–Crippen MR) is 79.5 cm³/mol. The third-order valence-corrected chi connectivity index (χ3v) is 3.80. The van der Waals surface area contributed by atoms with E-state index in [9.17, 15) is 0 Å². The van der Waals surface area contributed by atoms with E-state index in [0.29, 0.717) is 0 Å². The molecule has 2 heterocycles. The van der Waals surface area contributed by atoms with Gasteiger partial charge in [-0.05, 0) is 48.4 Å². The van der Waals surface area contributed by atoms with Crippen LogP contribution in [0.1, 0.15) is 29.9 Å². The Hall–Kier alpha value is -1.45. The first kappa shape index (κ1) is 13.5. The molecule has 0 bridgehead atoms. The minimum absolute atomic E-state index is 0.141. The van der Waals surface area contributed by atoms with Gasteiger partial charge in [0.2, 0.25) is 0 Å². The van der Waals surface area contributed by atoms with Crippen LogP contribution in [0.2, 0.25) is 5.02 Å². The van der Waals surface area contributed by atoms with E-state index < -0.39 is 0 Å². The fourth-order valence-corrected chi connectivity index (χ4v) is 2.99. The van der Waals surface area contributed by atoms with Crippen molar-refractivity contribution in [3.05, 3.63) is 52.4 Å². The van der Waals surface area contributed by atoms with E-state index in [4.69, 9.17) is 20.8 Å². The van der Waals surface area contributed by atoms with Crippen LogP contribution in [0, 0.1) is 0 Å². The molecule has 106 valence electrons. The molecule has 4 heteroatoms. The van der Waals surface area contributed by atoms with Crippen molar-refractivity contribution in [1.82, 2.24) is 5.32 Å². The largest absolute Gasteiger partial charge is 0.493 e. The Balaban J connectivity index is 1.89. The van der Waals surface area contributed by atoms with E-state index in [0.717, 1.165) is 48.1 Å². The van der Waals surface area contributed by atoms with E-state index in [2.05, 4.69) is 12.2 Å². The molecule has 1 unspecified atom stereocenters. The molecule has 1 atom stereocenters. The van der Waals surface area contributed by atoms with E-state index in [1.165, 1.54) is 5.56 Å². The number of hydrogen-bond donors (Lipinski definition) is 1. The fraction of sp³-hybridized carbons (Fsp3) is 0.375. The first-order chi connectivity index (χ1) is 9.78. The molecule has 1 aliphatic heterocycles. The van der Waals surface area contributed by atoms with E-state index in [1.54, 1.807) is 6.26 Å². The Kier molecular flexibility index (Phi) is 3.99. The highest BCUT2D eigenvalue weighted by Crippen LogP contribution is 2.35. The van der Waals surface area contributed by atoms with E-state index >= 15 is 0 Å². The molecular formula is C16H18ClNO2. The van der Waals surface area contributed by atoms with Gasteiger partial charge < -0.3 is 14.5 Å². The Bertz CT molecular complexity index is 580. The molecule has 20 heavy (non-hydrogen) atoms.